The van der Waals surface area contributed by atoms with Crippen molar-refractivity contribution in [1.29, 1.82) is 0 Å². The van der Waals surface area contributed by atoms with E-state index in [0.29, 0.717) is 13.2 Å². The fourth-order valence-corrected chi connectivity index (χ4v) is 1.94. The normalized spacial score (nSPS) is 10.6. The monoisotopic (exact) mass is 309 g/mol. The molecule has 0 amide bonds. The molecule has 4 heteroatoms. The molecular weight excluding hydrogens is 294 g/mol. The molecule has 2 aromatic rings. The van der Waals surface area contributed by atoms with E-state index < -0.39 is 0 Å². The summed E-state index contributed by atoms with van der Waals surface area (Å²) in [5.41, 5.74) is 1.21. The Morgan fingerprint density at radius 3 is 2.94 bits per heavy atom. The van der Waals surface area contributed by atoms with Crippen molar-refractivity contribution in [3.8, 4) is 5.75 Å². The van der Waals surface area contributed by atoms with Gasteiger partial charge in [0, 0.05) is 6.54 Å². The van der Waals surface area contributed by atoms with E-state index in [4.69, 9.17) is 9.15 Å². The van der Waals surface area contributed by atoms with E-state index in [1.165, 1.54) is 5.56 Å². The molecule has 0 fully saturated rings. The van der Waals surface area contributed by atoms with Crippen LogP contribution in [0.4, 0.5) is 0 Å². The lowest BCUT2D eigenvalue weighted by atomic mass is 10.2. The van der Waals surface area contributed by atoms with Crippen molar-refractivity contribution in [2.75, 3.05) is 13.2 Å². The fourth-order valence-electron chi connectivity index (χ4n) is 1.60. The van der Waals surface area contributed by atoms with E-state index in [1.54, 1.807) is 6.26 Å². The molecule has 1 heterocycles. The predicted molar refractivity (Wildman–Crippen MR) is 74.8 cm³/mol. The van der Waals surface area contributed by atoms with Crippen molar-refractivity contribution < 1.29 is 9.15 Å². The molecule has 18 heavy (non-hydrogen) atoms. The van der Waals surface area contributed by atoms with Crippen LogP contribution in [0.1, 0.15) is 11.3 Å². The Bertz CT molecular complexity index is 496. The summed E-state index contributed by atoms with van der Waals surface area (Å²) in [7, 11) is 0. The maximum absolute atomic E-state index is 5.63. The van der Waals surface area contributed by atoms with Crippen molar-refractivity contribution in [3.05, 3.63) is 52.4 Å². The van der Waals surface area contributed by atoms with Gasteiger partial charge in [0.1, 0.15) is 18.1 Å². The van der Waals surface area contributed by atoms with Crippen LogP contribution in [0.2, 0.25) is 0 Å². The van der Waals surface area contributed by atoms with Crippen LogP contribution in [0.25, 0.3) is 0 Å². The average Bonchev–Trinajstić information content (AvgIpc) is 2.75. The number of aryl methyl sites for hydroxylation is 1. The molecule has 0 atom stereocenters. The quantitative estimate of drug-likeness (QED) is 0.829. The van der Waals surface area contributed by atoms with Crippen LogP contribution in [-0.4, -0.2) is 13.2 Å². The summed E-state index contributed by atoms with van der Waals surface area (Å²) < 4.78 is 11.9. The van der Waals surface area contributed by atoms with Gasteiger partial charge in [-0.3, -0.25) is 0 Å². The summed E-state index contributed by atoms with van der Waals surface area (Å²) >= 11 is 3.42. The number of ether oxygens (including phenoxy) is 1. The van der Waals surface area contributed by atoms with Crippen molar-refractivity contribution in [1.82, 2.24) is 5.32 Å². The first-order valence-corrected chi connectivity index (χ1v) is 6.67. The van der Waals surface area contributed by atoms with Gasteiger partial charge in [-0.05, 0) is 46.6 Å². The number of nitrogens with one attached hydrogen (secondary N) is 1. The summed E-state index contributed by atoms with van der Waals surface area (Å²) in [6.07, 6.45) is 1.67. The number of benzene rings is 1. The highest BCUT2D eigenvalue weighted by atomic mass is 79.9. The molecule has 0 bridgehead atoms. The smallest absolute Gasteiger partial charge is 0.131 e. The Labute approximate surface area is 115 Å². The lowest BCUT2D eigenvalue weighted by Gasteiger charge is -2.07. The predicted octanol–water partition coefficient (Wildman–Crippen LogP) is 3.52. The second-order valence-electron chi connectivity index (χ2n) is 4.03. The Kier molecular flexibility index (Phi) is 4.84. The largest absolute Gasteiger partial charge is 0.492 e. The van der Waals surface area contributed by atoms with E-state index in [9.17, 15) is 0 Å². The molecule has 96 valence electrons. The average molecular weight is 310 g/mol. The van der Waals surface area contributed by atoms with Gasteiger partial charge >= 0.3 is 0 Å². The Balaban J connectivity index is 1.66. The third-order valence-electron chi connectivity index (χ3n) is 2.51. The Morgan fingerprint density at radius 2 is 2.22 bits per heavy atom. The summed E-state index contributed by atoms with van der Waals surface area (Å²) in [5.74, 6) is 1.82. The van der Waals surface area contributed by atoms with Gasteiger partial charge in [-0.1, -0.05) is 12.1 Å². The van der Waals surface area contributed by atoms with Gasteiger partial charge in [0.15, 0.2) is 0 Å². The minimum Gasteiger partial charge on any atom is -0.492 e. The summed E-state index contributed by atoms with van der Waals surface area (Å²) in [6.45, 7) is 4.17. The van der Waals surface area contributed by atoms with Crippen LogP contribution in [0.5, 0.6) is 5.75 Å². The molecule has 0 aliphatic carbocycles. The summed E-state index contributed by atoms with van der Waals surface area (Å²) in [5, 5.41) is 3.26. The van der Waals surface area contributed by atoms with Crippen LogP contribution >= 0.6 is 15.9 Å². The maximum atomic E-state index is 5.63. The van der Waals surface area contributed by atoms with Crippen LogP contribution in [-0.2, 0) is 6.54 Å². The number of hydrogen-bond acceptors (Lipinski definition) is 3. The zero-order valence-corrected chi connectivity index (χ0v) is 11.9. The Hall–Kier alpha value is -1.26. The molecule has 0 aliphatic heterocycles. The highest BCUT2D eigenvalue weighted by Gasteiger charge is 2.01. The molecule has 1 aromatic carbocycles. The van der Waals surface area contributed by atoms with Gasteiger partial charge < -0.3 is 14.5 Å². The van der Waals surface area contributed by atoms with Crippen molar-refractivity contribution in [3.63, 3.8) is 0 Å². The molecule has 3 nitrogen and oxygen atoms in total. The first-order chi connectivity index (χ1) is 8.75. The molecule has 0 saturated heterocycles. The van der Waals surface area contributed by atoms with Crippen molar-refractivity contribution >= 4 is 15.9 Å². The van der Waals surface area contributed by atoms with E-state index in [2.05, 4.69) is 34.2 Å². The van der Waals surface area contributed by atoms with Gasteiger partial charge in [0.2, 0.25) is 0 Å². The number of rotatable bonds is 6. The third kappa shape index (κ3) is 3.89. The minimum atomic E-state index is 0.641. The first-order valence-electron chi connectivity index (χ1n) is 5.88. The number of halogens is 1. The second-order valence-corrected chi connectivity index (χ2v) is 4.89. The van der Waals surface area contributed by atoms with Crippen LogP contribution in [0, 0.1) is 6.92 Å². The van der Waals surface area contributed by atoms with E-state index in [1.807, 2.05) is 24.3 Å². The molecule has 0 spiro atoms. The fraction of sp³-hybridized carbons (Fsp3) is 0.286. The SMILES string of the molecule is Cc1cccc(OCCNCc2occc2Br)c1. The topological polar surface area (TPSA) is 34.4 Å². The van der Waals surface area contributed by atoms with E-state index >= 15 is 0 Å². The summed E-state index contributed by atoms with van der Waals surface area (Å²) in [6, 6.07) is 9.94. The molecule has 0 radical (unpaired) electrons. The van der Waals surface area contributed by atoms with E-state index in [0.717, 1.165) is 22.5 Å². The molecule has 2 rings (SSSR count). The standard InChI is InChI=1S/C14H16BrNO2/c1-11-3-2-4-12(9-11)17-8-6-16-10-14-13(15)5-7-18-14/h2-5,7,9,16H,6,8,10H2,1H3. The van der Waals surface area contributed by atoms with E-state index in [-0.39, 0.29) is 0 Å². The lowest BCUT2D eigenvalue weighted by molar-refractivity contribution is 0.310. The van der Waals surface area contributed by atoms with Crippen LogP contribution in [0.15, 0.2) is 45.5 Å². The highest BCUT2D eigenvalue weighted by Crippen LogP contribution is 2.16. The zero-order valence-electron chi connectivity index (χ0n) is 10.3. The van der Waals surface area contributed by atoms with Gasteiger partial charge in [-0.15, -0.1) is 0 Å². The van der Waals surface area contributed by atoms with Crippen LogP contribution in [0.3, 0.4) is 0 Å². The Morgan fingerprint density at radius 1 is 1.33 bits per heavy atom. The second kappa shape index (κ2) is 6.61. The molecular formula is C14H16BrNO2. The third-order valence-corrected chi connectivity index (χ3v) is 3.22. The molecule has 0 aliphatic rings. The molecule has 1 aromatic heterocycles. The maximum Gasteiger partial charge on any atom is 0.131 e. The van der Waals surface area contributed by atoms with Gasteiger partial charge in [0.05, 0.1) is 17.3 Å². The van der Waals surface area contributed by atoms with Crippen molar-refractivity contribution in [2.45, 2.75) is 13.5 Å². The molecule has 0 saturated carbocycles. The van der Waals surface area contributed by atoms with Crippen molar-refractivity contribution in [2.24, 2.45) is 0 Å². The minimum absolute atomic E-state index is 0.641. The van der Waals surface area contributed by atoms with Gasteiger partial charge in [-0.25, -0.2) is 0 Å². The highest BCUT2D eigenvalue weighted by molar-refractivity contribution is 9.10. The molecule has 0 unspecified atom stereocenters. The zero-order chi connectivity index (χ0) is 12.8. The number of furan rings is 1. The van der Waals surface area contributed by atoms with Gasteiger partial charge in [-0.2, -0.15) is 0 Å². The van der Waals surface area contributed by atoms with Gasteiger partial charge in [0.25, 0.3) is 0 Å². The van der Waals surface area contributed by atoms with Crippen LogP contribution < -0.4 is 10.1 Å². The molecule has 1 N–H and O–H groups in total. The summed E-state index contributed by atoms with van der Waals surface area (Å²) in [4.78, 5) is 0. The first kappa shape index (κ1) is 13.2. The lowest BCUT2D eigenvalue weighted by Crippen LogP contribution is -2.20. The number of hydrogen-bond donors (Lipinski definition) is 1.